The van der Waals surface area contributed by atoms with Gasteiger partial charge in [-0.2, -0.15) is 0 Å². The van der Waals surface area contributed by atoms with Crippen LogP contribution >= 0.6 is 12.2 Å². The number of carbonyl (C=O) groups is 1. The van der Waals surface area contributed by atoms with Gasteiger partial charge >= 0.3 is 0 Å². The summed E-state index contributed by atoms with van der Waals surface area (Å²) in [6.07, 6.45) is 4.33. The molecule has 1 aromatic heterocycles. The first-order valence-electron chi connectivity index (χ1n) is 8.88. The quantitative estimate of drug-likeness (QED) is 0.800. The standard InChI is InChI=1S/C20H25N3OS/c1-15-6-5-11-23(13-15)14-17-8-3-2-7-16(17)12-22-19(24)18-9-4-10-21-20(18)25/h2-4,7-10,15H,5-6,11-14H2,1H3,(H,21,25)(H,22,24)/t15-/m0/s1. The maximum Gasteiger partial charge on any atom is 0.254 e. The highest BCUT2D eigenvalue weighted by molar-refractivity contribution is 7.71. The minimum absolute atomic E-state index is 0.136. The van der Waals surface area contributed by atoms with Gasteiger partial charge in [0.25, 0.3) is 5.91 Å². The number of nitrogens with one attached hydrogen (secondary N) is 2. The van der Waals surface area contributed by atoms with Crippen molar-refractivity contribution in [2.75, 3.05) is 13.1 Å². The van der Waals surface area contributed by atoms with E-state index >= 15 is 0 Å². The first-order chi connectivity index (χ1) is 12.1. The number of likely N-dealkylation sites (tertiary alicyclic amines) is 1. The van der Waals surface area contributed by atoms with E-state index in [-0.39, 0.29) is 5.91 Å². The van der Waals surface area contributed by atoms with Crippen molar-refractivity contribution in [2.45, 2.75) is 32.9 Å². The van der Waals surface area contributed by atoms with Gasteiger partial charge < -0.3 is 10.3 Å². The fourth-order valence-corrected chi connectivity index (χ4v) is 3.66. The number of H-pyrrole nitrogens is 1. The lowest BCUT2D eigenvalue weighted by molar-refractivity contribution is 0.0950. The molecule has 2 aromatic rings. The zero-order chi connectivity index (χ0) is 17.6. The molecule has 4 nitrogen and oxygen atoms in total. The first kappa shape index (κ1) is 17.8. The van der Waals surface area contributed by atoms with Gasteiger partial charge in [-0.05, 0) is 48.6 Å². The molecule has 1 atom stereocenters. The lowest BCUT2D eigenvalue weighted by Crippen LogP contribution is -2.34. The molecule has 0 saturated carbocycles. The van der Waals surface area contributed by atoms with Crippen molar-refractivity contribution in [2.24, 2.45) is 5.92 Å². The number of piperidine rings is 1. The van der Waals surface area contributed by atoms with Crippen LogP contribution in [0.4, 0.5) is 0 Å². The van der Waals surface area contributed by atoms with E-state index < -0.39 is 0 Å². The summed E-state index contributed by atoms with van der Waals surface area (Å²) in [5.74, 6) is 0.628. The molecule has 0 spiro atoms. The van der Waals surface area contributed by atoms with Crippen LogP contribution in [0.5, 0.6) is 0 Å². The highest BCUT2D eigenvalue weighted by atomic mass is 32.1. The molecule has 3 rings (SSSR count). The predicted molar refractivity (Wildman–Crippen MR) is 103 cm³/mol. The monoisotopic (exact) mass is 355 g/mol. The normalized spacial score (nSPS) is 18.0. The second-order valence-electron chi connectivity index (χ2n) is 6.85. The Bertz CT molecular complexity index is 786. The average Bonchev–Trinajstić information content (AvgIpc) is 2.61. The molecule has 0 unspecified atom stereocenters. The van der Waals surface area contributed by atoms with Gasteiger partial charge in [0, 0.05) is 25.8 Å². The fraction of sp³-hybridized carbons (Fsp3) is 0.400. The Hall–Kier alpha value is -1.98. The maximum atomic E-state index is 12.4. The van der Waals surface area contributed by atoms with Gasteiger partial charge in [-0.15, -0.1) is 0 Å². The number of carbonyl (C=O) groups excluding carboxylic acids is 1. The molecule has 0 aliphatic carbocycles. The van der Waals surface area contributed by atoms with Crippen molar-refractivity contribution < 1.29 is 4.79 Å². The van der Waals surface area contributed by atoms with Gasteiger partial charge in [-0.3, -0.25) is 9.69 Å². The summed E-state index contributed by atoms with van der Waals surface area (Å²) < 4.78 is 0.468. The molecule has 1 aliphatic rings. The summed E-state index contributed by atoms with van der Waals surface area (Å²) in [5.41, 5.74) is 2.97. The van der Waals surface area contributed by atoms with E-state index in [9.17, 15) is 4.79 Å². The highest BCUT2D eigenvalue weighted by Crippen LogP contribution is 2.19. The van der Waals surface area contributed by atoms with Gasteiger partial charge in [-0.1, -0.05) is 43.4 Å². The predicted octanol–water partition coefficient (Wildman–Crippen LogP) is 3.91. The summed E-state index contributed by atoms with van der Waals surface area (Å²) in [6, 6.07) is 11.9. The second kappa shape index (κ2) is 8.41. The Balaban J connectivity index is 1.66. The van der Waals surface area contributed by atoms with Gasteiger partial charge in [0.15, 0.2) is 0 Å². The maximum absolute atomic E-state index is 12.4. The van der Waals surface area contributed by atoms with Crippen molar-refractivity contribution in [3.63, 3.8) is 0 Å². The molecule has 1 fully saturated rings. The third-order valence-corrected chi connectivity index (χ3v) is 5.09. The van der Waals surface area contributed by atoms with Crippen LogP contribution in [0.2, 0.25) is 0 Å². The molecular formula is C20H25N3OS. The molecule has 5 heteroatoms. The van der Waals surface area contributed by atoms with Gasteiger partial charge in [0.1, 0.15) is 4.64 Å². The minimum Gasteiger partial charge on any atom is -0.352 e. The van der Waals surface area contributed by atoms with Gasteiger partial charge in [0.2, 0.25) is 0 Å². The van der Waals surface area contributed by atoms with E-state index in [1.807, 2.05) is 6.07 Å². The molecule has 25 heavy (non-hydrogen) atoms. The zero-order valence-electron chi connectivity index (χ0n) is 14.6. The SMILES string of the molecule is C[C@H]1CCCN(Cc2ccccc2CNC(=O)c2ccc[nH]c2=S)C1. The Morgan fingerprint density at radius 1 is 1.28 bits per heavy atom. The van der Waals surface area contributed by atoms with Crippen LogP contribution in [-0.4, -0.2) is 28.9 Å². The van der Waals surface area contributed by atoms with Gasteiger partial charge in [0.05, 0.1) is 5.56 Å². The number of benzene rings is 1. The van der Waals surface area contributed by atoms with Crippen molar-refractivity contribution in [1.82, 2.24) is 15.2 Å². The lowest BCUT2D eigenvalue weighted by Gasteiger charge is -2.31. The molecule has 1 amide bonds. The molecule has 0 bridgehead atoms. The van der Waals surface area contributed by atoms with Crippen molar-refractivity contribution in [3.8, 4) is 0 Å². The zero-order valence-corrected chi connectivity index (χ0v) is 15.4. The summed E-state index contributed by atoms with van der Waals surface area (Å²) >= 11 is 5.18. The first-order valence-corrected chi connectivity index (χ1v) is 9.29. The smallest absolute Gasteiger partial charge is 0.254 e. The van der Waals surface area contributed by atoms with E-state index in [1.54, 1.807) is 18.3 Å². The Morgan fingerprint density at radius 3 is 2.84 bits per heavy atom. The third kappa shape index (κ3) is 4.77. The number of hydrogen-bond donors (Lipinski definition) is 2. The summed E-state index contributed by atoms with van der Waals surface area (Å²) in [6.45, 7) is 6.09. The Labute approximate surface area is 154 Å². The van der Waals surface area contributed by atoms with Crippen LogP contribution in [-0.2, 0) is 13.1 Å². The largest absolute Gasteiger partial charge is 0.352 e. The number of nitrogens with zero attached hydrogens (tertiary/aromatic N) is 1. The minimum atomic E-state index is -0.136. The van der Waals surface area contributed by atoms with E-state index in [0.29, 0.717) is 16.7 Å². The van der Waals surface area contributed by atoms with Crippen LogP contribution in [0.25, 0.3) is 0 Å². The fourth-order valence-electron chi connectivity index (χ4n) is 3.43. The summed E-state index contributed by atoms with van der Waals surface area (Å²) in [5, 5.41) is 3.00. The number of rotatable bonds is 5. The van der Waals surface area contributed by atoms with E-state index in [4.69, 9.17) is 12.2 Å². The molecule has 2 heterocycles. The van der Waals surface area contributed by atoms with E-state index in [1.165, 1.54) is 24.0 Å². The lowest BCUT2D eigenvalue weighted by atomic mass is 9.99. The molecular weight excluding hydrogens is 330 g/mol. The number of pyridine rings is 1. The van der Waals surface area contributed by atoms with E-state index in [0.717, 1.165) is 25.6 Å². The van der Waals surface area contributed by atoms with Crippen molar-refractivity contribution >= 4 is 18.1 Å². The number of aromatic amines is 1. The average molecular weight is 356 g/mol. The third-order valence-electron chi connectivity index (χ3n) is 4.76. The van der Waals surface area contributed by atoms with Gasteiger partial charge in [-0.25, -0.2) is 0 Å². The van der Waals surface area contributed by atoms with Crippen LogP contribution in [0.3, 0.4) is 0 Å². The van der Waals surface area contributed by atoms with Crippen LogP contribution < -0.4 is 5.32 Å². The van der Waals surface area contributed by atoms with Crippen LogP contribution in [0, 0.1) is 10.6 Å². The molecule has 1 aromatic carbocycles. The molecule has 1 saturated heterocycles. The summed E-state index contributed by atoms with van der Waals surface area (Å²) in [7, 11) is 0. The number of aromatic nitrogens is 1. The number of hydrogen-bond acceptors (Lipinski definition) is 3. The van der Waals surface area contributed by atoms with Crippen LogP contribution in [0.15, 0.2) is 42.6 Å². The highest BCUT2D eigenvalue weighted by Gasteiger charge is 2.17. The molecule has 0 radical (unpaired) electrons. The molecule has 2 N–H and O–H groups in total. The molecule has 132 valence electrons. The second-order valence-corrected chi connectivity index (χ2v) is 7.26. The Morgan fingerprint density at radius 2 is 2.08 bits per heavy atom. The van der Waals surface area contributed by atoms with E-state index in [2.05, 4.69) is 40.3 Å². The van der Waals surface area contributed by atoms with Crippen LogP contribution in [0.1, 0.15) is 41.3 Å². The number of amides is 1. The molecule has 1 aliphatic heterocycles. The van der Waals surface area contributed by atoms with Crippen molar-refractivity contribution in [3.05, 3.63) is 63.9 Å². The Kier molecular flexibility index (Phi) is 6.00. The summed E-state index contributed by atoms with van der Waals surface area (Å²) in [4.78, 5) is 17.8. The van der Waals surface area contributed by atoms with Crippen molar-refractivity contribution in [1.29, 1.82) is 0 Å². The topological polar surface area (TPSA) is 48.1 Å².